The molecule has 120 valence electrons. The fourth-order valence-electron chi connectivity index (χ4n) is 2.55. The maximum Gasteiger partial charge on any atom is 0.216 e. The molecule has 7 nitrogen and oxygen atoms in total. The zero-order valence-electron chi connectivity index (χ0n) is 13.4. The lowest BCUT2D eigenvalue weighted by molar-refractivity contribution is 0.111. The van der Waals surface area contributed by atoms with Crippen LogP contribution < -0.4 is 4.74 Å². The minimum absolute atomic E-state index is 0.462. The van der Waals surface area contributed by atoms with E-state index in [-0.39, 0.29) is 0 Å². The molecule has 0 unspecified atom stereocenters. The molecular formula is C16H19N5O2. The molecule has 0 saturated heterocycles. The highest BCUT2D eigenvalue weighted by Crippen LogP contribution is 2.30. The number of H-pyrrole nitrogens is 1. The molecule has 0 aliphatic rings. The summed E-state index contributed by atoms with van der Waals surface area (Å²) in [6.45, 7) is 1.55. The zero-order valence-corrected chi connectivity index (χ0v) is 13.4. The Morgan fingerprint density at radius 2 is 2.22 bits per heavy atom. The van der Waals surface area contributed by atoms with Gasteiger partial charge in [-0.1, -0.05) is 6.07 Å². The van der Waals surface area contributed by atoms with Crippen LogP contribution in [-0.4, -0.2) is 58.9 Å². The number of hydrogen-bond donors (Lipinski definition) is 1. The van der Waals surface area contributed by atoms with E-state index in [1.165, 1.54) is 0 Å². The van der Waals surface area contributed by atoms with Gasteiger partial charge in [0.05, 0.1) is 30.9 Å². The monoisotopic (exact) mass is 313 g/mol. The van der Waals surface area contributed by atoms with Crippen molar-refractivity contribution in [2.24, 2.45) is 0 Å². The molecule has 0 saturated carbocycles. The SMILES string of the molecule is COc1[nH]ncc1-c1ccc2c(C=O)nn(CCN(C)C)c2c1. The molecule has 0 atom stereocenters. The number of aromatic nitrogens is 4. The lowest BCUT2D eigenvalue weighted by atomic mass is 10.1. The number of benzene rings is 1. The molecule has 2 aromatic heterocycles. The van der Waals surface area contributed by atoms with E-state index >= 15 is 0 Å². The third-order valence-corrected chi connectivity index (χ3v) is 3.77. The van der Waals surface area contributed by atoms with E-state index in [1.807, 2.05) is 37.0 Å². The number of fused-ring (bicyclic) bond motifs is 1. The summed E-state index contributed by atoms with van der Waals surface area (Å²) in [5.41, 5.74) is 3.23. The summed E-state index contributed by atoms with van der Waals surface area (Å²) in [6.07, 6.45) is 2.52. The van der Waals surface area contributed by atoms with E-state index in [1.54, 1.807) is 13.3 Å². The molecule has 0 radical (unpaired) electrons. The smallest absolute Gasteiger partial charge is 0.216 e. The molecule has 1 N–H and O–H groups in total. The van der Waals surface area contributed by atoms with Crippen LogP contribution in [0.15, 0.2) is 24.4 Å². The molecular weight excluding hydrogens is 294 g/mol. The second kappa shape index (κ2) is 6.21. The third kappa shape index (κ3) is 2.83. The Bertz CT molecular complexity index is 834. The number of nitrogens with one attached hydrogen (secondary N) is 1. The second-order valence-electron chi connectivity index (χ2n) is 5.58. The number of methoxy groups -OCH3 is 1. The molecule has 0 amide bonds. The number of likely N-dealkylation sites (N-methyl/N-ethyl adjacent to an activating group) is 1. The van der Waals surface area contributed by atoms with Crippen molar-refractivity contribution in [2.75, 3.05) is 27.7 Å². The molecule has 0 fully saturated rings. The molecule has 23 heavy (non-hydrogen) atoms. The van der Waals surface area contributed by atoms with Gasteiger partial charge in [0, 0.05) is 11.9 Å². The molecule has 3 rings (SSSR count). The lowest BCUT2D eigenvalue weighted by Gasteiger charge is -2.10. The number of hydrogen-bond acceptors (Lipinski definition) is 5. The first-order valence-electron chi connectivity index (χ1n) is 7.32. The van der Waals surface area contributed by atoms with E-state index in [9.17, 15) is 4.79 Å². The molecule has 2 heterocycles. The molecule has 1 aromatic carbocycles. The van der Waals surface area contributed by atoms with Crippen molar-refractivity contribution >= 4 is 17.2 Å². The van der Waals surface area contributed by atoms with Crippen LogP contribution in [0.25, 0.3) is 22.0 Å². The van der Waals surface area contributed by atoms with E-state index in [0.29, 0.717) is 18.1 Å². The van der Waals surface area contributed by atoms with Crippen LogP contribution in [0, 0.1) is 0 Å². The van der Waals surface area contributed by atoms with Gasteiger partial charge in [0.15, 0.2) is 6.29 Å². The van der Waals surface area contributed by atoms with Gasteiger partial charge in [0.1, 0.15) is 5.69 Å². The van der Waals surface area contributed by atoms with Crippen molar-refractivity contribution in [1.82, 2.24) is 24.9 Å². The number of rotatable bonds is 6. The van der Waals surface area contributed by atoms with Crippen LogP contribution in [0.2, 0.25) is 0 Å². The van der Waals surface area contributed by atoms with Gasteiger partial charge < -0.3 is 9.64 Å². The van der Waals surface area contributed by atoms with Crippen molar-refractivity contribution in [3.8, 4) is 17.0 Å². The Kier molecular flexibility index (Phi) is 4.12. The molecule has 0 aliphatic heterocycles. The normalized spacial score (nSPS) is 11.3. The Labute approximate surface area is 133 Å². The molecule has 0 bridgehead atoms. The van der Waals surface area contributed by atoms with Crippen molar-refractivity contribution in [3.63, 3.8) is 0 Å². The predicted molar refractivity (Wildman–Crippen MR) is 87.8 cm³/mol. The summed E-state index contributed by atoms with van der Waals surface area (Å²) < 4.78 is 7.15. The standard InChI is InChI=1S/C16H19N5O2/c1-20(2)6-7-21-15-8-11(13-9-17-18-16(13)23-3)4-5-12(15)14(10-22)19-21/h4-5,8-10H,6-7H2,1-3H3,(H,17,18). The van der Waals surface area contributed by atoms with Crippen molar-refractivity contribution in [2.45, 2.75) is 6.54 Å². The van der Waals surface area contributed by atoms with Crippen LogP contribution in [0.3, 0.4) is 0 Å². The van der Waals surface area contributed by atoms with Gasteiger partial charge in [-0.05, 0) is 31.8 Å². The predicted octanol–water partition coefficient (Wildman–Crippen LogP) is 1.81. The van der Waals surface area contributed by atoms with Crippen molar-refractivity contribution < 1.29 is 9.53 Å². The number of aromatic amines is 1. The van der Waals surface area contributed by atoms with Gasteiger partial charge in [-0.2, -0.15) is 10.2 Å². The van der Waals surface area contributed by atoms with Gasteiger partial charge >= 0.3 is 0 Å². The van der Waals surface area contributed by atoms with E-state index in [0.717, 1.165) is 34.9 Å². The average molecular weight is 313 g/mol. The minimum Gasteiger partial charge on any atom is -0.481 e. The second-order valence-corrected chi connectivity index (χ2v) is 5.58. The minimum atomic E-state index is 0.462. The van der Waals surface area contributed by atoms with Crippen LogP contribution in [0.1, 0.15) is 10.5 Å². The first kappa shape index (κ1) is 15.2. The van der Waals surface area contributed by atoms with Gasteiger partial charge in [-0.15, -0.1) is 0 Å². The lowest BCUT2D eigenvalue weighted by Crippen LogP contribution is -2.19. The topological polar surface area (TPSA) is 76.0 Å². The summed E-state index contributed by atoms with van der Waals surface area (Å²) >= 11 is 0. The summed E-state index contributed by atoms with van der Waals surface area (Å²) in [7, 11) is 5.61. The summed E-state index contributed by atoms with van der Waals surface area (Å²) in [6, 6.07) is 5.87. The average Bonchev–Trinajstić information content (AvgIpc) is 3.16. The number of ether oxygens (including phenoxy) is 1. The molecule has 0 spiro atoms. The molecule has 7 heteroatoms. The Morgan fingerprint density at radius 1 is 1.39 bits per heavy atom. The van der Waals surface area contributed by atoms with Gasteiger partial charge in [-0.3, -0.25) is 9.48 Å². The number of aldehydes is 1. The van der Waals surface area contributed by atoms with Crippen LogP contribution in [0.4, 0.5) is 0 Å². The Hall–Kier alpha value is -2.67. The fraction of sp³-hybridized carbons (Fsp3) is 0.312. The summed E-state index contributed by atoms with van der Waals surface area (Å²) in [5.74, 6) is 0.610. The number of carbonyl (C=O) groups excluding carboxylic acids is 1. The van der Waals surface area contributed by atoms with E-state index in [4.69, 9.17) is 4.74 Å². The third-order valence-electron chi connectivity index (χ3n) is 3.77. The maximum absolute atomic E-state index is 11.3. The Balaban J connectivity index is 2.10. The maximum atomic E-state index is 11.3. The summed E-state index contributed by atoms with van der Waals surface area (Å²) in [5, 5.41) is 12.1. The van der Waals surface area contributed by atoms with Crippen LogP contribution >= 0.6 is 0 Å². The van der Waals surface area contributed by atoms with Crippen molar-refractivity contribution in [3.05, 3.63) is 30.1 Å². The summed E-state index contributed by atoms with van der Waals surface area (Å²) in [4.78, 5) is 13.3. The van der Waals surface area contributed by atoms with Crippen LogP contribution in [0.5, 0.6) is 5.88 Å². The first-order chi connectivity index (χ1) is 11.1. The largest absolute Gasteiger partial charge is 0.481 e. The number of nitrogens with zero attached hydrogens (tertiary/aromatic N) is 4. The van der Waals surface area contributed by atoms with Crippen molar-refractivity contribution in [1.29, 1.82) is 0 Å². The number of carbonyl (C=O) groups is 1. The quantitative estimate of drug-likeness (QED) is 0.702. The highest BCUT2D eigenvalue weighted by molar-refractivity contribution is 5.97. The highest BCUT2D eigenvalue weighted by atomic mass is 16.5. The van der Waals surface area contributed by atoms with Gasteiger partial charge in [0.25, 0.3) is 0 Å². The Morgan fingerprint density at radius 3 is 2.91 bits per heavy atom. The van der Waals surface area contributed by atoms with Gasteiger partial charge in [0.2, 0.25) is 5.88 Å². The fourth-order valence-corrected chi connectivity index (χ4v) is 2.55. The van der Waals surface area contributed by atoms with E-state index < -0.39 is 0 Å². The van der Waals surface area contributed by atoms with Gasteiger partial charge in [-0.25, -0.2) is 5.10 Å². The van der Waals surface area contributed by atoms with Crippen LogP contribution in [-0.2, 0) is 6.54 Å². The molecule has 3 aromatic rings. The van der Waals surface area contributed by atoms with E-state index in [2.05, 4.69) is 20.2 Å². The highest BCUT2D eigenvalue weighted by Gasteiger charge is 2.14. The molecule has 0 aliphatic carbocycles. The first-order valence-corrected chi connectivity index (χ1v) is 7.32. The zero-order chi connectivity index (χ0) is 16.4.